The number of fused-ring (bicyclic) bond motifs is 2. The van der Waals surface area contributed by atoms with Crippen LogP contribution in [0.15, 0.2) is 70.2 Å². The van der Waals surface area contributed by atoms with Crippen molar-refractivity contribution in [2.45, 2.75) is 51.2 Å². The number of halogens is 1. The minimum absolute atomic E-state index is 0.114. The van der Waals surface area contributed by atoms with Crippen LogP contribution >= 0.6 is 15.9 Å². The van der Waals surface area contributed by atoms with Crippen LogP contribution < -0.4 is 0 Å². The number of imidazole rings is 1. The molecule has 0 spiro atoms. The Kier molecular flexibility index (Phi) is 8.02. The molecule has 8 nitrogen and oxygen atoms in total. The summed E-state index contributed by atoms with van der Waals surface area (Å²) >= 11 is 3.57. The molecular weight excluding hydrogens is 632 g/mol. The predicted octanol–water partition coefficient (Wildman–Crippen LogP) is 7.02. The van der Waals surface area contributed by atoms with Gasteiger partial charge in [0.05, 0.1) is 33.1 Å². The van der Waals surface area contributed by atoms with Crippen LogP contribution in [-0.2, 0) is 21.5 Å². The number of hydrogen-bond acceptors (Lipinski definition) is 6. The number of ketones is 1. The molecule has 3 aromatic carbocycles. The molecule has 0 bridgehead atoms. The van der Waals surface area contributed by atoms with E-state index in [-0.39, 0.29) is 23.2 Å². The van der Waals surface area contributed by atoms with Gasteiger partial charge in [0, 0.05) is 36.3 Å². The molecule has 5 aromatic rings. The van der Waals surface area contributed by atoms with Crippen molar-refractivity contribution >= 4 is 61.7 Å². The van der Waals surface area contributed by atoms with Crippen molar-refractivity contribution in [1.29, 1.82) is 5.26 Å². The normalized spacial score (nSPS) is 12.2. The second-order valence-electron chi connectivity index (χ2n) is 11.6. The van der Waals surface area contributed by atoms with Gasteiger partial charge in [-0.2, -0.15) is 5.26 Å². The highest BCUT2D eigenvalue weighted by molar-refractivity contribution is 9.10. The molecule has 0 aliphatic rings. The minimum atomic E-state index is -3.92. The average Bonchev–Trinajstić information content (AvgIpc) is 3.53. The van der Waals surface area contributed by atoms with Gasteiger partial charge in [0.25, 0.3) is 10.0 Å². The molecule has 11 heteroatoms. The number of carbonyl (C=O) groups excluding carboxylic acids is 1. The maximum atomic E-state index is 14.3. The van der Waals surface area contributed by atoms with E-state index < -0.39 is 18.1 Å². The number of aromatic nitrogens is 3. The first-order valence-corrected chi connectivity index (χ1v) is 19.4. The molecule has 5 rings (SSSR count). The van der Waals surface area contributed by atoms with Crippen LogP contribution in [0.2, 0.25) is 25.7 Å². The van der Waals surface area contributed by atoms with Crippen LogP contribution in [0.1, 0.15) is 32.9 Å². The standard InChI is InChI=1S/C31H31BrN4O4SSi/c1-20-6-9-23(10-7-20)41(38,39)36-13-12-24-28(25(32)16-21(2)29(24)36)30(37)31-34-26-17-22(18-33)8-11-27(26)35(31)19-40-14-15-42(3,4)5/h6-13,16-17H,14-15,19H2,1-5H3. The fourth-order valence-corrected chi connectivity index (χ4v) is 7.77. The second-order valence-corrected chi connectivity index (χ2v) is 19.9. The fourth-order valence-electron chi connectivity index (χ4n) is 4.87. The quantitative estimate of drug-likeness (QED) is 0.0953. The molecule has 0 unspecified atom stereocenters. The number of nitriles is 1. The summed E-state index contributed by atoms with van der Waals surface area (Å²) in [7, 11) is -5.25. The van der Waals surface area contributed by atoms with Crippen molar-refractivity contribution in [3.05, 3.63) is 93.3 Å². The van der Waals surface area contributed by atoms with Crippen molar-refractivity contribution in [1.82, 2.24) is 13.5 Å². The summed E-state index contributed by atoms with van der Waals surface area (Å²) < 4.78 is 36.8. The first-order chi connectivity index (χ1) is 19.8. The highest BCUT2D eigenvalue weighted by Gasteiger charge is 2.28. The maximum Gasteiger partial charge on any atom is 0.268 e. The largest absolute Gasteiger partial charge is 0.361 e. The molecule has 0 N–H and O–H groups in total. The van der Waals surface area contributed by atoms with Crippen LogP contribution in [0.4, 0.5) is 0 Å². The Balaban J connectivity index is 1.64. The van der Waals surface area contributed by atoms with Crippen LogP contribution in [-0.4, -0.2) is 42.4 Å². The van der Waals surface area contributed by atoms with E-state index in [1.807, 2.05) is 13.8 Å². The van der Waals surface area contributed by atoms with E-state index in [0.717, 1.165) is 11.6 Å². The molecule has 0 amide bonds. The van der Waals surface area contributed by atoms with Crippen molar-refractivity contribution in [2.75, 3.05) is 6.61 Å². The molecule has 2 aromatic heterocycles. The van der Waals surface area contributed by atoms with Gasteiger partial charge < -0.3 is 4.74 Å². The van der Waals surface area contributed by atoms with Crippen molar-refractivity contribution in [3.8, 4) is 6.07 Å². The number of hydrogen-bond donors (Lipinski definition) is 0. The lowest BCUT2D eigenvalue weighted by atomic mass is 10.0. The molecule has 2 heterocycles. The van der Waals surface area contributed by atoms with Gasteiger partial charge in [0.1, 0.15) is 6.73 Å². The van der Waals surface area contributed by atoms with Gasteiger partial charge in [0.2, 0.25) is 5.78 Å². The molecule has 0 saturated carbocycles. The Labute approximate surface area is 254 Å². The van der Waals surface area contributed by atoms with Crippen LogP contribution in [0.25, 0.3) is 21.9 Å². The molecule has 0 fully saturated rings. The topological polar surface area (TPSA) is 107 Å². The lowest BCUT2D eigenvalue weighted by molar-refractivity contribution is 0.0835. The van der Waals surface area contributed by atoms with Gasteiger partial charge in [-0.25, -0.2) is 17.4 Å². The fraction of sp³-hybridized carbons (Fsp3) is 0.258. The third-order valence-electron chi connectivity index (χ3n) is 7.18. The summed E-state index contributed by atoms with van der Waals surface area (Å²) in [4.78, 5) is 19.1. The van der Waals surface area contributed by atoms with Crippen LogP contribution in [0.3, 0.4) is 0 Å². The summed E-state index contributed by atoms with van der Waals surface area (Å²) in [6, 6.07) is 18.3. The molecule has 0 saturated heterocycles. The smallest absolute Gasteiger partial charge is 0.268 e. The minimum Gasteiger partial charge on any atom is -0.361 e. The van der Waals surface area contributed by atoms with E-state index in [4.69, 9.17) is 4.74 Å². The lowest BCUT2D eigenvalue weighted by Crippen LogP contribution is -2.22. The molecule has 0 aliphatic carbocycles. The van der Waals surface area contributed by atoms with Crippen molar-refractivity contribution < 1.29 is 17.9 Å². The molecule has 0 aliphatic heterocycles. The highest BCUT2D eigenvalue weighted by atomic mass is 79.9. The van der Waals surface area contributed by atoms with E-state index in [1.54, 1.807) is 59.2 Å². The Morgan fingerprint density at radius 2 is 1.79 bits per heavy atom. The van der Waals surface area contributed by atoms with Crippen molar-refractivity contribution in [2.24, 2.45) is 0 Å². The second kappa shape index (κ2) is 11.3. The third kappa shape index (κ3) is 5.59. The van der Waals surface area contributed by atoms with E-state index in [0.29, 0.717) is 49.7 Å². The Bertz CT molecular complexity index is 2000. The number of rotatable bonds is 9. The monoisotopic (exact) mass is 662 g/mol. The Morgan fingerprint density at radius 3 is 2.45 bits per heavy atom. The summed E-state index contributed by atoms with van der Waals surface area (Å²) in [6.45, 7) is 11.2. The number of benzene rings is 3. The summed E-state index contributed by atoms with van der Waals surface area (Å²) in [5, 5.41) is 9.91. The molecule has 0 radical (unpaired) electrons. The number of nitrogens with zero attached hydrogens (tertiary/aromatic N) is 4. The SMILES string of the molecule is Cc1ccc(S(=O)(=O)n2ccc3c(C(=O)c4nc5cc(C#N)ccc5n4COCC[Si](C)(C)C)c(Br)cc(C)c32)cc1. The number of carbonyl (C=O) groups is 1. The molecule has 0 atom stereocenters. The molecular formula is C31H31BrN4O4SSi. The zero-order valence-electron chi connectivity index (χ0n) is 24.1. The van der Waals surface area contributed by atoms with Gasteiger partial charge in [-0.3, -0.25) is 9.36 Å². The predicted molar refractivity (Wildman–Crippen MR) is 170 cm³/mol. The summed E-state index contributed by atoms with van der Waals surface area (Å²) in [5.74, 6) is -0.242. The van der Waals surface area contributed by atoms with Gasteiger partial charge in [-0.1, -0.05) is 37.3 Å². The van der Waals surface area contributed by atoms with E-state index in [2.05, 4.69) is 46.6 Å². The first kappa shape index (κ1) is 29.9. The number of aryl methyl sites for hydroxylation is 2. The van der Waals surface area contributed by atoms with E-state index >= 15 is 0 Å². The lowest BCUT2D eigenvalue weighted by Gasteiger charge is -2.16. The van der Waals surface area contributed by atoms with E-state index in [1.165, 1.54) is 10.2 Å². The van der Waals surface area contributed by atoms with Crippen molar-refractivity contribution in [3.63, 3.8) is 0 Å². The summed E-state index contributed by atoms with van der Waals surface area (Å²) in [5.41, 5.74) is 3.97. The molecule has 42 heavy (non-hydrogen) atoms. The maximum absolute atomic E-state index is 14.3. The number of ether oxygens (including phenoxy) is 1. The Morgan fingerprint density at radius 1 is 1.07 bits per heavy atom. The van der Waals surface area contributed by atoms with Gasteiger partial charge in [0.15, 0.2) is 5.82 Å². The Hall–Kier alpha value is -3.56. The van der Waals surface area contributed by atoms with Gasteiger partial charge >= 0.3 is 0 Å². The highest BCUT2D eigenvalue weighted by Crippen LogP contribution is 2.34. The zero-order chi connectivity index (χ0) is 30.4. The zero-order valence-corrected chi connectivity index (χ0v) is 27.5. The van der Waals surface area contributed by atoms with Crippen LogP contribution in [0.5, 0.6) is 0 Å². The van der Waals surface area contributed by atoms with Crippen LogP contribution in [0, 0.1) is 25.2 Å². The van der Waals surface area contributed by atoms with E-state index in [9.17, 15) is 18.5 Å². The van der Waals surface area contributed by atoms with Gasteiger partial charge in [-0.15, -0.1) is 0 Å². The first-order valence-electron chi connectivity index (χ1n) is 13.5. The average molecular weight is 664 g/mol. The summed E-state index contributed by atoms with van der Waals surface area (Å²) in [6.07, 6.45) is 1.48. The third-order valence-corrected chi connectivity index (χ3v) is 11.2. The molecule has 216 valence electrons. The van der Waals surface area contributed by atoms with Gasteiger partial charge in [-0.05, 0) is 83.8 Å².